The highest BCUT2D eigenvalue weighted by atomic mass is 32.2. The summed E-state index contributed by atoms with van der Waals surface area (Å²) in [6.45, 7) is 3.11. The minimum atomic E-state index is -3.78. The molecule has 0 saturated heterocycles. The van der Waals surface area contributed by atoms with Crippen molar-refractivity contribution in [2.45, 2.75) is 18.7 Å². The van der Waals surface area contributed by atoms with Crippen molar-refractivity contribution in [3.63, 3.8) is 0 Å². The smallest absolute Gasteiger partial charge is 0.241 e. The minimum Gasteiger partial charge on any atom is -0.399 e. The number of sulfonamides is 2. The normalized spacial score (nSPS) is 12.8. The Hall–Kier alpha value is -1.16. The lowest BCUT2D eigenvalue weighted by Crippen LogP contribution is -2.34. The zero-order valence-electron chi connectivity index (χ0n) is 12.5. The first kappa shape index (κ1) is 17.9. The highest BCUT2D eigenvalue weighted by Crippen LogP contribution is 2.22. The number of nitrogens with two attached hydrogens (primary N) is 1. The van der Waals surface area contributed by atoms with Crippen molar-refractivity contribution < 1.29 is 16.8 Å². The van der Waals surface area contributed by atoms with Crippen molar-refractivity contribution in [1.29, 1.82) is 0 Å². The van der Waals surface area contributed by atoms with Crippen molar-refractivity contribution in [2.24, 2.45) is 0 Å². The molecular weight excluding hydrogens is 314 g/mol. The molecular formula is C12H21N3O4S2. The van der Waals surface area contributed by atoms with E-state index in [2.05, 4.69) is 4.72 Å². The lowest BCUT2D eigenvalue weighted by atomic mass is 10.1. The molecule has 0 heterocycles. The number of benzene rings is 1. The van der Waals surface area contributed by atoms with Crippen LogP contribution >= 0.6 is 0 Å². The number of hydrogen-bond donors (Lipinski definition) is 2. The van der Waals surface area contributed by atoms with Crippen molar-refractivity contribution in [3.8, 4) is 0 Å². The van der Waals surface area contributed by atoms with Gasteiger partial charge < -0.3 is 5.73 Å². The molecule has 0 radical (unpaired) electrons. The van der Waals surface area contributed by atoms with Crippen molar-refractivity contribution >= 4 is 25.7 Å². The molecule has 1 aromatic carbocycles. The van der Waals surface area contributed by atoms with Crippen LogP contribution in [0.5, 0.6) is 0 Å². The minimum absolute atomic E-state index is 0.138. The fourth-order valence-electron chi connectivity index (χ4n) is 1.97. The van der Waals surface area contributed by atoms with Crippen molar-refractivity contribution in [3.05, 3.63) is 23.3 Å². The van der Waals surface area contributed by atoms with E-state index < -0.39 is 20.0 Å². The summed E-state index contributed by atoms with van der Waals surface area (Å²) in [6, 6.07) is 3.14. The molecule has 0 aliphatic carbocycles. The van der Waals surface area contributed by atoms with E-state index in [1.54, 1.807) is 26.0 Å². The van der Waals surface area contributed by atoms with E-state index in [9.17, 15) is 16.8 Å². The summed E-state index contributed by atoms with van der Waals surface area (Å²) in [4.78, 5) is 0.138. The Bertz CT molecular complexity index is 702. The van der Waals surface area contributed by atoms with E-state index in [1.807, 2.05) is 0 Å². The summed E-state index contributed by atoms with van der Waals surface area (Å²) in [5.41, 5.74) is 7.19. The van der Waals surface area contributed by atoms with Crippen molar-refractivity contribution in [2.75, 3.05) is 32.1 Å². The van der Waals surface area contributed by atoms with Crippen LogP contribution < -0.4 is 10.5 Å². The van der Waals surface area contributed by atoms with Crippen LogP contribution in [0.15, 0.2) is 17.0 Å². The van der Waals surface area contributed by atoms with Gasteiger partial charge in [-0.15, -0.1) is 0 Å². The molecule has 0 aliphatic rings. The second kappa shape index (κ2) is 6.30. The monoisotopic (exact) mass is 335 g/mol. The summed E-state index contributed by atoms with van der Waals surface area (Å²) in [6.07, 6.45) is 0. The van der Waals surface area contributed by atoms with Gasteiger partial charge in [0.1, 0.15) is 0 Å². The summed E-state index contributed by atoms with van der Waals surface area (Å²) in [7, 11) is -4.42. The maximum absolute atomic E-state index is 12.3. The van der Waals surface area contributed by atoms with Gasteiger partial charge in [0.2, 0.25) is 20.0 Å². The maximum Gasteiger partial charge on any atom is 0.241 e. The zero-order valence-corrected chi connectivity index (χ0v) is 14.2. The average molecular weight is 335 g/mol. The summed E-state index contributed by atoms with van der Waals surface area (Å²) >= 11 is 0. The number of hydrogen-bond acceptors (Lipinski definition) is 5. The maximum atomic E-state index is 12.3. The first-order valence-electron chi connectivity index (χ1n) is 6.24. The van der Waals surface area contributed by atoms with Gasteiger partial charge in [-0.2, -0.15) is 0 Å². The molecule has 0 atom stereocenters. The van der Waals surface area contributed by atoms with Gasteiger partial charge in [0.25, 0.3) is 0 Å². The molecule has 9 heteroatoms. The Kier molecular flexibility index (Phi) is 5.37. The SMILES string of the molecule is Cc1cc(N)cc(C)c1S(=O)(=O)NCCS(=O)(=O)N(C)C. The topological polar surface area (TPSA) is 110 Å². The number of anilines is 1. The van der Waals surface area contributed by atoms with Gasteiger partial charge in [-0.25, -0.2) is 25.9 Å². The number of rotatable bonds is 6. The standard InChI is InChI=1S/C12H21N3O4S2/c1-9-7-11(13)8-10(2)12(9)21(18,19)14-5-6-20(16,17)15(3)4/h7-8,14H,5-6,13H2,1-4H3. The van der Waals surface area contributed by atoms with Crippen LogP contribution in [-0.4, -0.2) is 47.5 Å². The fourth-order valence-corrected chi connectivity index (χ4v) is 4.30. The summed E-state index contributed by atoms with van der Waals surface area (Å²) in [5.74, 6) is -0.299. The molecule has 1 rings (SSSR count). The molecule has 3 N–H and O–H groups in total. The molecule has 0 fully saturated rings. The van der Waals surface area contributed by atoms with Crippen LogP contribution in [0.1, 0.15) is 11.1 Å². The van der Waals surface area contributed by atoms with Gasteiger partial charge in [0, 0.05) is 26.3 Å². The molecule has 21 heavy (non-hydrogen) atoms. The van der Waals surface area contributed by atoms with Crippen LogP contribution in [0.25, 0.3) is 0 Å². The predicted molar refractivity (Wildman–Crippen MR) is 83.0 cm³/mol. The van der Waals surface area contributed by atoms with E-state index in [0.717, 1.165) is 4.31 Å². The van der Waals surface area contributed by atoms with Crippen LogP contribution in [0, 0.1) is 13.8 Å². The van der Waals surface area contributed by atoms with E-state index >= 15 is 0 Å². The number of nitrogens with one attached hydrogen (secondary N) is 1. The predicted octanol–water partition coefficient (Wildman–Crippen LogP) is 0.0553. The highest BCUT2D eigenvalue weighted by molar-refractivity contribution is 7.90. The third kappa shape index (κ3) is 4.40. The van der Waals surface area contributed by atoms with Crippen LogP contribution in [-0.2, 0) is 20.0 Å². The van der Waals surface area contributed by atoms with Crippen LogP contribution in [0.2, 0.25) is 0 Å². The molecule has 0 unspecified atom stereocenters. The van der Waals surface area contributed by atoms with Gasteiger partial charge >= 0.3 is 0 Å². The molecule has 7 nitrogen and oxygen atoms in total. The second-order valence-corrected chi connectivity index (χ2v) is 8.99. The molecule has 0 aromatic heterocycles. The second-order valence-electron chi connectivity index (χ2n) is 4.98. The number of nitrogen functional groups attached to an aromatic ring is 1. The number of nitrogens with zero attached hydrogens (tertiary/aromatic N) is 1. The summed E-state index contributed by atoms with van der Waals surface area (Å²) < 4.78 is 51.1. The van der Waals surface area contributed by atoms with Crippen molar-refractivity contribution in [1.82, 2.24) is 9.03 Å². The summed E-state index contributed by atoms with van der Waals surface area (Å²) in [5, 5.41) is 0. The molecule has 1 aromatic rings. The van der Waals surface area contributed by atoms with Crippen LogP contribution in [0.3, 0.4) is 0 Å². The van der Waals surface area contributed by atoms with E-state index in [-0.39, 0.29) is 17.2 Å². The molecule has 0 saturated carbocycles. The quantitative estimate of drug-likeness (QED) is 0.714. The fraction of sp³-hybridized carbons (Fsp3) is 0.500. The molecule has 0 aliphatic heterocycles. The van der Waals surface area contributed by atoms with Crippen LogP contribution in [0.4, 0.5) is 5.69 Å². The largest absolute Gasteiger partial charge is 0.399 e. The Labute approximate surface area is 126 Å². The Morgan fingerprint density at radius 3 is 2.00 bits per heavy atom. The van der Waals surface area contributed by atoms with Gasteiger partial charge in [-0.05, 0) is 37.1 Å². The Morgan fingerprint density at radius 2 is 1.57 bits per heavy atom. The zero-order chi connectivity index (χ0) is 16.4. The van der Waals surface area contributed by atoms with E-state index in [0.29, 0.717) is 16.8 Å². The molecule has 120 valence electrons. The van der Waals surface area contributed by atoms with Gasteiger partial charge in [-0.3, -0.25) is 0 Å². The molecule has 0 spiro atoms. The van der Waals surface area contributed by atoms with Gasteiger partial charge in [-0.1, -0.05) is 0 Å². The Balaban J connectivity index is 2.95. The van der Waals surface area contributed by atoms with E-state index in [1.165, 1.54) is 14.1 Å². The average Bonchev–Trinajstić information content (AvgIpc) is 2.25. The Morgan fingerprint density at radius 1 is 1.10 bits per heavy atom. The lowest BCUT2D eigenvalue weighted by molar-refractivity contribution is 0.519. The van der Waals surface area contributed by atoms with Gasteiger partial charge in [0.15, 0.2) is 0 Å². The first-order valence-corrected chi connectivity index (χ1v) is 9.33. The van der Waals surface area contributed by atoms with E-state index in [4.69, 9.17) is 5.73 Å². The third-order valence-corrected chi connectivity index (χ3v) is 6.56. The lowest BCUT2D eigenvalue weighted by Gasteiger charge is -2.14. The first-order chi connectivity index (χ1) is 9.47. The number of aryl methyl sites for hydroxylation is 2. The molecule has 0 bridgehead atoms. The van der Waals surface area contributed by atoms with Gasteiger partial charge in [0.05, 0.1) is 10.6 Å². The highest BCUT2D eigenvalue weighted by Gasteiger charge is 2.21. The molecule has 0 amide bonds. The third-order valence-electron chi connectivity index (χ3n) is 2.96.